The number of anilines is 2. The van der Waals surface area contributed by atoms with Gasteiger partial charge in [0.2, 0.25) is 11.8 Å². The summed E-state index contributed by atoms with van der Waals surface area (Å²) in [5, 5.41) is 5.93. The van der Waals surface area contributed by atoms with Crippen LogP contribution >= 0.6 is 0 Å². The zero-order chi connectivity index (χ0) is 20.5. The van der Waals surface area contributed by atoms with Crippen LogP contribution in [0.15, 0.2) is 54.6 Å². The van der Waals surface area contributed by atoms with E-state index in [1.807, 2.05) is 48.5 Å². The van der Waals surface area contributed by atoms with Gasteiger partial charge in [-0.15, -0.1) is 0 Å². The highest BCUT2D eigenvalue weighted by molar-refractivity contribution is 5.97. The molecule has 2 aromatic carbocycles. The van der Waals surface area contributed by atoms with Crippen molar-refractivity contribution in [2.24, 2.45) is 0 Å². The van der Waals surface area contributed by atoms with Gasteiger partial charge in [0.05, 0.1) is 6.42 Å². The minimum Gasteiger partial charge on any atom is -0.371 e. The molecule has 0 aliphatic carbocycles. The second kappa shape index (κ2) is 10.6. The summed E-state index contributed by atoms with van der Waals surface area (Å²) in [7, 11) is 0. The molecule has 0 spiro atoms. The summed E-state index contributed by atoms with van der Waals surface area (Å²) >= 11 is 0. The molecule has 1 aliphatic heterocycles. The molecule has 1 heterocycles. The van der Waals surface area contributed by atoms with Gasteiger partial charge in [0.15, 0.2) is 0 Å². The summed E-state index contributed by atoms with van der Waals surface area (Å²) < 4.78 is 0. The SMILES string of the molecule is CCCCC(NC(=O)Cc1ccccc1)C(=O)Nc1cccc(N2CCCC2)c1. The lowest BCUT2D eigenvalue weighted by molar-refractivity contribution is -0.126. The van der Waals surface area contributed by atoms with Gasteiger partial charge in [0.1, 0.15) is 6.04 Å². The first kappa shape index (κ1) is 20.9. The van der Waals surface area contributed by atoms with Crippen LogP contribution < -0.4 is 15.5 Å². The van der Waals surface area contributed by atoms with E-state index in [9.17, 15) is 9.59 Å². The highest BCUT2D eigenvalue weighted by Crippen LogP contribution is 2.23. The van der Waals surface area contributed by atoms with Crippen LogP contribution in [0.25, 0.3) is 0 Å². The number of hydrogen-bond donors (Lipinski definition) is 2. The van der Waals surface area contributed by atoms with E-state index in [1.54, 1.807) is 0 Å². The van der Waals surface area contributed by atoms with Crippen molar-refractivity contribution in [1.82, 2.24) is 5.32 Å². The lowest BCUT2D eigenvalue weighted by Crippen LogP contribution is -2.44. The van der Waals surface area contributed by atoms with Crippen molar-refractivity contribution in [3.8, 4) is 0 Å². The van der Waals surface area contributed by atoms with E-state index < -0.39 is 6.04 Å². The second-order valence-electron chi connectivity index (χ2n) is 7.66. The standard InChI is InChI=1S/C24H31N3O2/c1-2-3-14-22(26-23(28)17-19-10-5-4-6-11-19)24(29)25-20-12-9-13-21(18-20)27-15-7-8-16-27/h4-6,9-13,18,22H,2-3,7-8,14-17H2,1H3,(H,25,29)(H,26,28). The minimum absolute atomic E-state index is 0.127. The van der Waals surface area contributed by atoms with Gasteiger partial charge >= 0.3 is 0 Å². The van der Waals surface area contributed by atoms with Gasteiger partial charge in [-0.1, -0.05) is 56.2 Å². The molecule has 1 aliphatic rings. The first-order valence-electron chi connectivity index (χ1n) is 10.6. The van der Waals surface area contributed by atoms with Crippen molar-refractivity contribution in [2.75, 3.05) is 23.3 Å². The number of nitrogens with one attached hydrogen (secondary N) is 2. The lowest BCUT2D eigenvalue weighted by Gasteiger charge is -2.21. The fraction of sp³-hybridized carbons (Fsp3) is 0.417. The molecule has 1 atom stereocenters. The predicted molar refractivity (Wildman–Crippen MR) is 118 cm³/mol. The van der Waals surface area contributed by atoms with Gasteiger partial charge in [0.25, 0.3) is 0 Å². The maximum Gasteiger partial charge on any atom is 0.246 e. The molecule has 1 unspecified atom stereocenters. The number of amides is 2. The average Bonchev–Trinajstić information content (AvgIpc) is 3.27. The smallest absolute Gasteiger partial charge is 0.246 e. The molecule has 2 aromatic rings. The Labute approximate surface area is 173 Å². The zero-order valence-electron chi connectivity index (χ0n) is 17.2. The Bertz CT molecular complexity index is 801. The van der Waals surface area contributed by atoms with E-state index >= 15 is 0 Å². The van der Waals surface area contributed by atoms with Crippen LogP contribution in [0.3, 0.4) is 0 Å². The molecule has 5 nitrogen and oxygen atoms in total. The number of benzene rings is 2. The first-order chi connectivity index (χ1) is 14.2. The van der Waals surface area contributed by atoms with Gasteiger partial charge in [-0.25, -0.2) is 0 Å². The third-order valence-corrected chi connectivity index (χ3v) is 5.29. The molecular formula is C24H31N3O2. The normalized spacial score (nSPS) is 14.4. The molecular weight excluding hydrogens is 362 g/mol. The molecule has 2 N–H and O–H groups in total. The molecule has 5 heteroatoms. The number of carbonyl (C=O) groups excluding carboxylic acids is 2. The summed E-state index contributed by atoms with van der Waals surface area (Å²) in [6.45, 7) is 4.21. The maximum atomic E-state index is 12.9. The third kappa shape index (κ3) is 6.34. The Balaban J connectivity index is 1.62. The van der Waals surface area contributed by atoms with Crippen molar-refractivity contribution in [3.63, 3.8) is 0 Å². The maximum absolute atomic E-state index is 12.9. The van der Waals surface area contributed by atoms with E-state index in [0.29, 0.717) is 6.42 Å². The van der Waals surface area contributed by atoms with Crippen LogP contribution in [-0.2, 0) is 16.0 Å². The summed E-state index contributed by atoms with van der Waals surface area (Å²) in [5.74, 6) is -0.281. The molecule has 1 saturated heterocycles. The van der Waals surface area contributed by atoms with Crippen molar-refractivity contribution in [2.45, 2.75) is 51.5 Å². The van der Waals surface area contributed by atoms with Crippen LogP contribution in [0.2, 0.25) is 0 Å². The van der Waals surface area contributed by atoms with Crippen LogP contribution in [0.4, 0.5) is 11.4 Å². The first-order valence-corrected chi connectivity index (χ1v) is 10.6. The number of rotatable bonds is 9. The van der Waals surface area contributed by atoms with Crippen LogP contribution in [0.1, 0.15) is 44.6 Å². The molecule has 0 radical (unpaired) electrons. The Morgan fingerprint density at radius 2 is 1.79 bits per heavy atom. The van der Waals surface area contributed by atoms with Crippen molar-refractivity contribution >= 4 is 23.2 Å². The van der Waals surface area contributed by atoms with Gasteiger partial charge in [-0.3, -0.25) is 9.59 Å². The average molecular weight is 394 g/mol. The van der Waals surface area contributed by atoms with Crippen molar-refractivity contribution < 1.29 is 9.59 Å². The molecule has 2 amide bonds. The molecule has 1 fully saturated rings. The topological polar surface area (TPSA) is 61.4 Å². The Morgan fingerprint density at radius 3 is 2.52 bits per heavy atom. The summed E-state index contributed by atoms with van der Waals surface area (Å²) in [4.78, 5) is 27.7. The third-order valence-electron chi connectivity index (χ3n) is 5.29. The van der Waals surface area contributed by atoms with Gasteiger partial charge in [0, 0.05) is 24.5 Å². The Kier molecular flexibility index (Phi) is 7.68. The van der Waals surface area contributed by atoms with E-state index in [4.69, 9.17) is 0 Å². The molecule has 3 rings (SSSR count). The fourth-order valence-electron chi connectivity index (χ4n) is 3.69. The van der Waals surface area contributed by atoms with E-state index in [0.717, 1.165) is 42.9 Å². The van der Waals surface area contributed by atoms with E-state index in [1.165, 1.54) is 12.8 Å². The lowest BCUT2D eigenvalue weighted by atomic mass is 10.1. The highest BCUT2D eigenvalue weighted by atomic mass is 16.2. The molecule has 0 bridgehead atoms. The Hall–Kier alpha value is -2.82. The molecule has 0 saturated carbocycles. The number of unbranched alkanes of at least 4 members (excludes halogenated alkanes) is 1. The van der Waals surface area contributed by atoms with Crippen molar-refractivity contribution in [3.05, 3.63) is 60.2 Å². The fourth-order valence-corrected chi connectivity index (χ4v) is 3.69. The summed E-state index contributed by atoms with van der Waals surface area (Å²) in [6, 6.07) is 17.0. The van der Waals surface area contributed by atoms with Crippen LogP contribution in [0.5, 0.6) is 0 Å². The number of carbonyl (C=O) groups is 2. The van der Waals surface area contributed by atoms with Crippen LogP contribution in [-0.4, -0.2) is 30.9 Å². The molecule has 0 aromatic heterocycles. The minimum atomic E-state index is -0.526. The number of hydrogen-bond acceptors (Lipinski definition) is 3. The second-order valence-corrected chi connectivity index (χ2v) is 7.66. The van der Waals surface area contributed by atoms with Gasteiger partial charge in [-0.05, 0) is 43.0 Å². The van der Waals surface area contributed by atoms with E-state index in [-0.39, 0.29) is 18.2 Å². The van der Waals surface area contributed by atoms with E-state index in [2.05, 4.69) is 28.5 Å². The predicted octanol–water partition coefficient (Wildman–Crippen LogP) is 4.14. The van der Waals surface area contributed by atoms with Crippen molar-refractivity contribution in [1.29, 1.82) is 0 Å². The quantitative estimate of drug-likeness (QED) is 0.673. The highest BCUT2D eigenvalue weighted by Gasteiger charge is 2.21. The number of nitrogens with zero attached hydrogens (tertiary/aromatic N) is 1. The molecule has 29 heavy (non-hydrogen) atoms. The largest absolute Gasteiger partial charge is 0.371 e. The monoisotopic (exact) mass is 393 g/mol. The van der Waals surface area contributed by atoms with Crippen LogP contribution in [0, 0.1) is 0 Å². The van der Waals surface area contributed by atoms with Gasteiger partial charge < -0.3 is 15.5 Å². The zero-order valence-corrected chi connectivity index (χ0v) is 17.2. The van der Waals surface area contributed by atoms with Gasteiger partial charge in [-0.2, -0.15) is 0 Å². The molecule has 154 valence electrons. The Morgan fingerprint density at radius 1 is 1.03 bits per heavy atom. The summed E-state index contributed by atoms with van der Waals surface area (Å²) in [5.41, 5.74) is 2.86. The summed E-state index contributed by atoms with van der Waals surface area (Å²) in [6.07, 6.45) is 5.20.